The molecular weight excluding hydrogens is 604 g/mol. The molecule has 2 heterocycles. The summed E-state index contributed by atoms with van der Waals surface area (Å²) in [5.41, 5.74) is 2.92. The van der Waals surface area contributed by atoms with Crippen molar-refractivity contribution in [2.24, 2.45) is 5.92 Å². The van der Waals surface area contributed by atoms with Crippen LogP contribution in [-0.2, 0) is 16.0 Å². The van der Waals surface area contributed by atoms with E-state index in [1.54, 1.807) is 42.2 Å². The van der Waals surface area contributed by atoms with Crippen molar-refractivity contribution in [2.75, 3.05) is 52.8 Å². The third-order valence-electron chi connectivity index (χ3n) is 8.77. The number of methoxy groups -OCH3 is 3. The Bertz CT molecular complexity index is 1700. The van der Waals surface area contributed by atoms with Crippen LogP contribution in [0.5, 0.6) is 17.2 Å². The average Bonchev–Trinajstić information content (AvgIpc) is 3.51. The quantitative estimate of drug-likeness (QED) is 0.355. The summed E-state index contributed by atoms with van der Waals surface area (Å²) in [6, 6.07) is 9.08. The van der Waals surface area contributed by atoms with Gasteiger partial charge in [-0.2, -0.15) is 0 Å². The first-order chi connectivity index (χ1) is 22.6. The molecule has 2 N–H and O–H groups in total. The van der Waals surface area contributed by atoms with Crippen molar-refractivity contribution in [3.63, 3.8) is 0 Å². The van der Waals surface area contributed by atoms with Gasteiger partial charge < -0.3 is 39.1 Å². The maximum atomic E-state index is 13.9. The normalized spacial score (nSPS) is 16.4. The smallest absolute Gasteiger partial charge is 0.289 e. The van der Waals surface area contributed by atoms with Crippen LogP contribution in [0, 0.1) is 5.92 Å². The van der Waals surface area contributed by atoms with E-state index >= 15 is 0 Å². The molecule has 47 heavy (non-hydrogen) atoms. The van der Waals surface area contributed by atoms with Crippen molar-refractivity contribution in [1.29, 1.82) is 0 Å². The lowest BCUT2D eigenvalue weighted by molar-refractivity contribution is -0.134. The first-order valence-electron chi connectivity index (χ1n) is 15.7. The minimum absolute atomic E-state index is 0.155. The number of ether oxygens (including phenoxy) is 3. The lowest BCUT2D eigenvalue weighted by Crippen LogP contribution is -2.55. The number of nitrogens with zero attached hydrogens (tertiary/aromatic N) is 2. The molecule has 12 heteroatoms. The molecule has 2 atom stereocenters. The Morgan fingerprint density at radius 2 is 1.64 bits per heavy atom. The fourth-order valence-corrected chi connectivity index (χ4v) is 6.39. The van der Waals surface area contributed by atoms with Gasteiger partial charge >= 0.3 is 0 Å². The molecule has 3 aromatic rings. The minimum atomic E-state index is -0.699. The number of hydrogen-bond acceptors (Lipinski definition) is 9. The van der Waals surface area contributed by atoms with Gasteiger partial charge in [0.05, 0.1) is 39.3 Å². The van der Waals surface area contributed by atoms with Crippen LogP contribution < -0.4 is 30.3 Å². The summed E-state index contributed by atoms with van der Waals surface area (Å²) in [6.45, 7) is 6.75. The van der Waals surface area contributed by atoms with Crippen molar-refractivity contribution in [3.8, 4) is 28.4 Å². The molecule has 250 valence electrons. The molecular formula is C35H42N4O8. The Morgan fingerprint density at radius 1 is 0.936 bits per heavy atom. The zero-order valence-corrected chi connectivity index (χ0v) is 27.7. The number of anilines is 1. The van der Waals surface area contributed by atoms with Crippen molar-refractivity contribution in [2.45, 2.75) is 45.7 Å². The first-order valence-corrected chi connectivity index (χ1v) is 15.7. The molecule has 3 amide bonds. The van der Waals surface area contributed by atoms with E-state index in [0.717, 1.165) is 11.1 Å². The van der Waals surface area contributed by atoms with Crippen LogP contribution in [0.25, 0.3) is 11.1 Å². The van der Waals surface area contributed by atoms with Gasteiger partial charge in [-0.3, -0.25) is 19.2 Å². The Morgan fingerprint density at radius 3 is 2.23 bits per heavy atom. The standard InChI is InChI=1S/C35H42N4O8/c1-20(2)31(35(43)39-15-13-38(14-16-39)34(42)28-8-7-17-47-28)37-26-12-10-23-24(19-27(26)41)25(36-21(3)40)11-9-22-18-29(44-4)32(45-5)33(46-6)30(22)23/h7-8,10,12,17-20,25,31H,9,11,13-16H2,1-6H3,(H,36,40)(H,37,41)/t25-,31-/m0/s1. The van der Waals surface area contributed by atoms with E-state index in [0.29, 0.717) is 67.4 Å². The zero-order valence-electron chi connectivity index (χ0n) is 27.7. The van der Waals surface area contributed by atoms with Crippen LogP contribution >= 0.6 is 0 Å². The van der Waals surface area contributed by atoms with Gasteiger partial charge in [0.15, 0.2) is 17.3 Å². The fraction of sp³-hybridized carbons (Fsp3) is 0.429. The van der Waals surface area contributed by atoms with Gasteiger partial charge in [0, 0.05) is 38.7 Å². The molecule has 0 unspecified atom stereocenters. The molecule has 0 spiro atoms. The van der Waals surface area contributed by atoms with Gasteiger partial charge in [-0.25, -0.2) is 0 Å². The van der Waals surface area contributed by atoms with Crippen molar-refractivity contribution < 1.29 is 33.0 Å². The van der Waals surface area contributed by atoms with E-state index in [2.05, 4.69) is 10.6 Å². The second-order valence-corrected chi connectivity index (χ2v) is 12.1. The highest BCUT2D eigenvalue weighted by molar-refractivity contribution is 5.92. The number of rotatable bonds is 9. The van der Waals surface area contributed by atoms with E-state index in [1.165, 1.54) is 26.4 Å². The molecule has 1 aliphatic carbocycles. The van der Waals surface area contributed by atoms with Crippen LogP contribution in [0.15, 0.2) is 51.9 Å². The highest BCUT2D eigenvalue weighted by Gasteiger charge is 2.33. The second-order valence-electron chi connectivity index (χ2n) is 12.1. The van der Waals surface area contributed by atoms with Gasteiger partial charge in [0.1, 0.15) is 6.04 Å². The van der Waals surface area contributed by atoms with Crippen molar-refractivity contribution in [3.05, 3.63) is 69.8 Å². The Balaban J connectivity index is 1.49. The third kappa shape index (κ3) is 6.77. The summed E-state index contributed by atoms with van der Waals surface area (Å²) in [5.74, 6) is 0.918. The van der Waals surface area contributed by atoms with Crippen LogP contribution in [-0.4, -0.2) is 81.1 Å². The Labute approximate surface area is 274 Å². The zero-order chi connectivity index (χ0) is 33.8. The summed E-state index contributed by atoms with van der Waals surface area (Å²) in [5, 5.41) is 6.26. The number of amides is 3. The summed E-state index contributed by atoms with van der Waals surface area (Å²) in [4.78, 5) is 56.1. The van der Waals surface area contributed by atoms with Crippen LogP contribution in [0.1, 0.15) is 54.9 Å². The van der Waals surface area contributed by atoms with Crippen molar-refractivity contribution >= 4 is 23.4 Å². The number of nitrogens with one attached hydrogen (secondary N) is 2. The maximum Gasteiger partial charge on any atom is 0.289 e. The molecule has 0 bridgehead atoms. The van der Waals surface area contributed by atoms with Gasteiger partial charge in [-0.1, -0.05) is 19.9 Å². The summed E-state index contributed by atoms with van der Waals surface area (Å²) in [6.07, 6.45) is 2.58. The van der Waals surface area contributed by atoms with Crippen LogP contribution in [0.2, 0.25) is 0 Å². The number of piperazine rings is 1. The number of fused-ring (bicyclic) bond motifs is 3. The highest BCUT2D eigenvalue weighted by Crippen LogP contribution is 2.50. The number of aryl methyl sites for hydroxylation is 1. The van der Waals surface area contributed by atoms with Gasteiger partial charge in [0.25, 0.3) is 5.91 Å². The monoisotopic (exact) mass is 646 g/mol. The number of furan rings is 1. The molecule has 2 aromatic carbocycles. The van der Waals surface area contributed by atoms with Crippen molar-refractivity contribution in [1.82, 2.24) is 15.1 Å². The Hall–Kier alpha value is -5.00. The van der Waals surface area contributed by atoms with Crippen LogP contribution in [0.4, 0.5) is 5.69 Å². The molecule has 1 aliphatic heterocycles. The molecule has 0 saturated carbocycles. The van der Waals surface area contributed by atoms with Gasteiger partial charge in [-0.05, 0) is 65.8 Å². The fourth-order valence-electron chi connectivity index (χ4n) is 6.39. The predicted octanol–water partition coefficient (Wildman–Crippen LogP) is 3.88. The van der Waals surface area contributed by atoms with Gasteiger partial charge in [0.2, 0.25) is 23.0 Å². The maximum absolute atomic E-state index is 13.9. The SMILES string of the molecule is COc1cc2c(c(OC)c1OC)-c1ccc(N[C@H](C(=O)N3CCN(C(=O)c4ccco4)CC3)C(C)C)c(=O)cc1[C@@H](NC(C)=O)CC2. The largest absolute Gasteiger partial charge is 0.493 e. The lowest BCUT2D eigenvalue weighted by atomic mass is 9.95. The second kappa shape index (κ2) is 14.2. The number of benzene rings is 1. The predicted molar refractivity (Wildman–Crippen MR) is 176 cm³/mol. The lowest BCUT2D eigenvalue weighted by Gasteiger charge is -2.37. The summed E-state index contributed by atoms with van der Waals surface area (Å²) < 4.78 is 22.4. The molecule has 1 fully saturated rings. The molecule has 1 saturated heterocycles. The molecule has 5 rings (SSSR count). The first kappa shape index (κ1) is 33.4. The average molecular weight is 647 g/mol. The molecule has 2 aliphatic rings. The van der Waals surface area contributed by atoms with Gasteiger partial charge in [-0.15, -0.1) is 0 Å². The topological polar surface area (TPSA) is 140 Å². The molecule has 12 nitrogen and oxygen atoms in total. The Kier molecular flexibility index (Phi) is 10.1. The van der Waals surface area contributed by atoms with E-state index in [4.69, 9.17) is 18.6 Å². The van der Waals surface area contributed by atoms with E-state index < -0.39 is 12.1 Å². The van der Waals surface area contributed by atoms with E-state index in [-0.39, 0.29) is 40.5 Å². The number of carbonyl (C=O) groups excluding carboxylic acids is 3. The summed E-state index contributed by atoms with van der Waals surface area (Å²) in [7, 11) is 4.64. The summed E-state index contributed by atoms with van der Waals surface area (Å²) >= 11 is 0. The van der Waals surface area contributed by atoms with Crippen LogP contribution in [0.3, 0.4) is 0 Å². The molecule has 0 radical (unpaired) electrons. The minimum Gasteiger partial charge on any atom is -0.493 e. The van der Waals surface area contributed by atoms with E-state index in [1.807, 2.05) is 26.0 Å². The van der Waals surface area contributed by atoms with E-state index in [9.17, 15) is 19.2 Å². The number of carbonyl (C=O) groups is 3. The highest BCUT2D eigenvalue weighted by atomic mass is 16.5. The number of hydrogen-bond donors (Lipinski definition) is 2. The third-order valence-corrected chi connectivity index (χ3v) is 8.77. The molecule has 1 aromatic heterocycles.